The van der Waals surface area contributed by atoms with E-state index in [1.807, 2.05) is 6.92 Å². The normalized spacial score (nSPS) is 16.1. The maximum Gasteiger partial charge on any atom is 0.311 e. The number of amides is 1. The van der Waals surface area contributed by atoms with E-state index in [2.05, 4.69) is 0 Å². The van der Waals surface area contributed by atoms with Crippen molar-refractivity contribution in [2.45, 2.75) is 13.3 Å². The summed E-state index contributed by atoms with van der Waals surface area (Å²) in [6, 6.07) is 12.6. The van der Waals surface area contributed by atoms with Gasteiger partial charge < -0.3 is 9.64 Å². The van der Waals surface area contributed by atoms with Gasteiger partial charge in [0.25, 0.3) is 5.69 Å². The molecule has 8 heteroatoms. The first-order chi connectivity index (χ1) is 13.3. The number of nitro benzene ring substituents is 1. The lowest BCUT2D eigenvalue weighted by atomic mass is 10.1. The fourth-order valence-corrected chi connectivity index (χ4v) is 2.97. The number of carbonyl (C=O) groups excluding carboxylic acids is 3. The van der Waals surface area contributed by atoms with E-state index in [1.54, 1.807) is 30.3 Å². The number of carbonyl (C=O) groups is 3. The molecule has 8 nitrogen and oxygen atoms in total. The van der Waals surface area contributed by atoms with Crippen LogP contribution >= 0.6 is 0 Å². The zero-order valence-electron chi connectivity index (χ0n) is 15.2. The van der Waals surface area contributed by atoms with Gasteiger partial charge in [-0.3, -0.25) is 24.5 Å². The number of Topliss-reactive ketones (excluding diaryl/α,β-unsaturated/α-hetero) is 1. The predicted octanol–water partition coefficient (Wildman–Crippen LogP) is 2.68. The molecule has 0 spiro atoms. The molecule has 1 amide bonds. The van der Waals surface area contributed by atoms with E-state index in [1.165, 1.54) is 23.1 Å². The molecule has 1 fully saturated rings. The summed E-state index contributed by atoms with van der Waals surface area (Å²) in [6.45, 7) is 1.55. The summed E-state index contributed by atoms with van der Waals surface area (Å²) in [5, 5.41) is 10.9. The first-order valence-corrected chi connectivity index (χ1v) is 8.66. The molecule has 0 unspecified atom stereocenters. The summed E-state index contributed by atoms with van der Waals surface area (Å²) in [5.41, 5.74) is 1.67. The highest BCUT2D eigenvalue weighted by molar-refractivity contribution is 6.01. The standard InChI is InChI=1S/C20H18N2O6/c1-13-5-7-14(8-6-13)18(23)12-28-20(25)15-9-19(24)21(11-15)16-3-2-4-17(10-16)22(26)27/h2-8,10,15H,9,11-12H2,1H3/t15-/m1/s1. The third-order valence-corrected chi connectivity index (χ3v) is 4.53. The molecule has 28 heavy (non-hydrogen) atoms. The second-order valence-corrected chi connectivity index (χ2v) is 6.58. The van der Waals surface area contributed by atoms with Crippen molar-refractivity contribution >= 4 is 29.0 Å². The van der Waals surface area contributed by atoms with Crippen LogP contribution in [0.15, 0.2) is 48.5 Å². The molecule has 1 heterocycles. The van der Waals surface area contributed by atoms with Crippen LogP contribution in [0.25, 0.3) is 0 Å². The Labute approximate surface area is 160 Å². The van der Waals surface area contributed by atoms with Crippen LogP contribution in [0, 0.1) is 23.0 Å². The lowest BCUT2D eigenvalue weighted by Crippen LogP contribution is -2.27. The molecule has 144 valence electrons. The number of rotatable bonds is 6. The maximum atomic E-state index is 12.3. The molecule has 1 aliphatic rings. The average Bonchev–Trinajstić information content (AvgIpc) is 3.08. The van der Waals surface area contributed by atoms with E-state index in [-0.39, 0.29) is 30.3 Å². The van der Waals surface area contributed by atoms with Crippen molar-refractivity contribution in [2.24, 2.45) is 5.92 Å². The van der Waals surface area contributed by atoms with Gasteiger partial charge in [0.15, 0.2) is 12.4 Å². The molecule has 0 saturated carbocycles. The fourth-order valence-electron chi connectivity index (χ4n) is 2.97. The number of non-ortho nitro benzene ring substituents is 1. The molecule has 0 aliphatic carbocycles. The van der Waals surface area contributed by atoms with Crippen molar-refractivity contribution in [3.63, 3.8) is 0 Å². The second kappa shape index (κ2) is 7.99. The van der Waals surface area contributed by atoms with Crippen molar-refractivity contribution in [3.05, 3.63) is 69.8 Å². The van der Waals surface area contributed by atoms with Crippen molar-refractivity contribution in [1.82, 2.24) is 0 Å². The molecule has 0 radical (unpaired) electrons. The number of nitro groups is 1. The highest BCUT2D eigenvalue weighted by Crippen LogP contribution is 2.28. The average molecular weight is 382 g/mol. The molecule has 1 aliphatic heterocycles. The Hall–Kier alpha value is -3.55. The predicted molar refractivity (Wildman–Crippen MR) is 100 cm³/mol. The number of hydrogen-bond acceptors (Lipinski definition) is 6. The summed E-state index contributed by atoms with van der Waals surface area (Å²) >= 11 is 0. The third kappa shape index (κ3) is 4.22. The van der Waals surface area contributed by atoms with E-state index < -0.39 is 23.4 Å². The first kappa shape index (κ1) is 19.2. The van der Waals surface area contributed by atoms with Gasteiger partial charge >= 0.3 is 5.97 Å². The number of ketones is 1. The van der Waals surface area contributed by atoms with Gasteiger partial charge in [-0.1, -0.05) is 35.9 Å². The largest absolute Gasteiger partial charge is 0.457 e. The monoisotopic (exact) mass is 382 g/mol. The van der Waals surface area contributed by atoms with Gasteiger partial charge in [-0.2, -0.15) is 0 Å². The molecule has 0 N–H and O–H groups in total. The Morgan fingerprint density at radius 3 is 2.61 bits per heavy atom. The third-order valence-electron chi connectivity index (χ3n) is 4.53. The summed E-state index contributed by atoms with van der Waals surface area (Å²) in [4.78, 5) is 48.3. The molecule has 1 atom stereocenters. The van der Waals surface area contributed by atoms with Crippen LogP contribution in [0.4, 0.5) is 11.4 Å². The van der Waals surface area contributed by atoms with E-state index in [4.69, 9.17) is 4.74 Å². The second-order valence-electron chi connectivity index (χ2n) is 6.58. The number of anilines is 1. The van der Waals surface area contributed by atoms with Crippen LogP contribution in [0.1, 0.15) is 22.3 Å². The summed E-state index contributed by atoms with van der Waals surface area (Å²) in [5.74, 6) is -2.01. The highest BCUT2D eigenvalue weighted by Gasteiger charge is 2.36. The van der Waals surface area contributed by atoms with Crippen molar-refractivity contribution < 1.29 is 24.0 Å². The Morgan fingerprint density at radius 1 is 1.21 bits per heavy atom. The molecular formula is C20H18N2O6. The van der Waals surface area contributed by atoms with Crippen LogP contribution in [0.5, 0.6) is 0 Å². The fraction of sp³-hybridized carbons (Fsp3) is 0.250. The number of benzene rings is 2. The highest BCUT2D eigenvalue weighted by atomic mass is 16.6. The Kier molecular flexibility index (Phi) is 5.49. The van der Waals surface area contributed by atoms with Crippen LogP contribution < -0.4 is 4.90 Å². The van der Waals surface area contributed by atoms with Gasteiger partial charge in [0.05, 0.1) is 16.5 Å². The van der Waals surface area contributed by atoms with Gasteiger partial charge in [-0.25, -0.2) is 0 Å². The van der Waals surface area contributed by atoms with Gasteiger partial charge in [-0.05, 0) is 13.0 Å². The molecule has 2 aromatic rings. The Balaban J connectivity index is 1.60. The van der Waals surface area contributed by atoms with Gasteiger partial charge in [-0.15, -0.1) is 0 Å². The molecule has 1 saturated heterocycles. The number of ether oxygens (including phenoxy) is 1. The van der Waals surface area contributed by atoms with E-state index >= 15 is 0 Å². The molecule has 2 aromatic carbocycles. The number of nitrogens with zero attached hydrogens (tertiary/aromatic N) is 2. The number of esters is 1. The molecule has 0 aromatic heterocycles. The van der Waals surface area contributed by atoms with E-state index in [0.717, 1.165) is 5.56 Å². The zero-order chi connectivity index (χ0) is 20.3. The maximum absolute atomic E-state index is 12.3. The minimum absolute atomic E-state index is 0.0531. The lowest BCUT2D eigenvalue weighted by Gasteiger charge is -2.16. The Bertz CT molecular complexity index is 938. The molecule has 3 rings (SSSR count). The molecular weight excluding hydrogens is 364 g/mol. The minimum Gasteiger partial charge on any atom is -0.457 e. The van der Waals surface area contributed by atoms with Crippen molar-refractivity contribution in [2.75, 3.05) is 18.1 Å². The number of hydrogen-bond donors (Lipinski definition) is 0. The SMILES string of the molecule is Cc1ccc(C(=O)COC(=O)[C@@H]2CC(=O)N(c3cccc([N+](=O)[O-])c3)C2)cc1. The van der Waals surface area contributed by atoms with Crippen molar-refractivity contribution in [3.8, 4) is 0 Å². The first-order valence-electron chi connectivity index (χ1n) is 8.66. The summed E-state index contributed by atoms with van der Waals surface area (Å²) in [7, 11) is 0. The summed E-state index contributed by atoms with van der Waals surface area (Å²) in [6.07, 6.45) is -0.0692. The van der Waals surface area contributed by atoms with Crippen LogP contribution in [0.2, 0.25) is 0 Å². The Morgan fingerprint density at radius 2 is 1.93 bits per heavy atom. The quantitative estimate of drug-likeness (QED) is 0.329. The van der Waals surface area contributed by atoms with E-state index in [0.29, 0.717) is 11.3 Å². The smallest absolute Gasteiger partial charge is 0.311 e. The lowest BCUT2D eigenvalue weighted by molar-refractivity contribution is -0.384. The van der Waals surface area contributed by atoms with Gasteiger partial charge in [0.1, 0.15) is 0 Å². The number of aryl methyl sites for hydroxylation is 1. The van der Waals surface area contributed by atoms with Crippen LogP contribution in [0.3, 0.4) is 0 Å². The molecule has 0 bridgehead atoms. The van der Waals surface area contributed by atoms with E-state index in [9.17, 15) is 24.5 Å². The summed E-state index contributed by atoms with van der Waals surface area (Å²) < 4.78 is 5.09. The van der Waals surface area contributed by atoms with Crippen LogP contribution in [-0.2, 0) is 14.3 Å². The van der Waals surface area contributed by atoms with Gasteiger partial charge in [0, 0.05) is 30.7 Å². The van der Waals surface area contributed by atoms with Crippen molar-refractivity contribution in [1.29, 1.82) is 0 Å². The topological polar surface area (TPSA) is 107 Å². The zero-order valence-corrected chi connectivity index (χ0v) is 15.2. The van der Waals surface area contributed by atoms with Gasteiger partial charge in [0.2, 0.25) is 5.91 Å². The van der Waals surface area contributed by atoms with Crippen LogP contribution in [-0.4, -0.2) is 35.7 Å². The minimum atomic E-state index is -0.724.